The van der Waals surface area contributed by atoms with E-state index in [-0.39, 0.29) is 23.1 Å². The molecule has 0 aliphatic carbocycles. The van der Waals surface area contributed by atoms with Crippen LogP contribution in [-0.2, 0) is 9.53 Å². The average Bonchev–Trinajstić information content (AvgIpc) is 2.73. The van der Waals surface area contributed by atoms with Gasteiger partial charge in [0, 0.05) is 30.2 Å². The van der Waals surface area contributed by atoms with Gasteiger partial charge in [-0.15, -0.1) is 0 Å². The van der Waals surface area contributed by atoms with E-state index in [4.69, 9.17) is 4.74 Å². The lowest BCUT2D eigenvalue weighted by Gasteiger charge is -2.41. The Morgan fingerprint density at radius 1 is 1.22 bits per heavy atom. The predicted octanol–water partition coefficient (Wildman–Crippen LogP) is 3.99. The van der Waals surface area contributed by atoms with E-state index < -0.39 is 0 Å². The van der Waals surface area contributed by atoms with Crippen LogP contribution in [-0.4, -0.2) is 51.5 Å². The van der Waals surface area contributed by atoms with Gasteiger partial charge in [-0.3, -0.25) is 9.78 Å². The van der Waals surface area contributed by atoms with Crippen molar-refractivity contribution in [2.24, 2.45) is 0 Å². The molecule has 0 unspecified atom stereocenters. The summed E-state index contributed by atoms with van der Waals surface area (Å²) in [5.74, 6) is 0.929. The van der Waals surface area contributed by atoms with Gasteiger partial charge in [-0.2, -0.15) is 0 Å². The third kappa shape index (κ3) is 5.72. The van der Waals surface area contributed by atoms with Crippen LogP contribution in [0.2, 0.25) is 0 Å². The number of amides is 1. The SMILES string of the molecule is CC1(C)C=C(CC(=O)N2CCO[C@H](c3ccc(Nc4ccccn4)cn3)C2)CC(C)(C)N1. The molecule has 7 nitrogen and oxygen atoms in total. The predicted molar refractivity (Wildman–Crippen MR) is 126 cm³/mol. The normalized spacial score (nSPS) is 22.2. The number of carbonyl (C=O) groups is 1. The summed E-state index contributed by atoms with van der Waals surface area (Å²) in [4.78, 5) is 23.8. The van der Waals surface area contributed by atoms with Crippen LogP contribution in [0.25, 0.3) is 0 Å². The van der Waals surface area contributed by atoms with Crippen molar-refractivity contribution in [3.63, 3.8) is 0 Å². The smallest absolute Gasteiger partial charge is 0.226 e. The molecule has 0 aromatic carbocycles. The Kier molecular flexibility index (Phi) is 6.31. The van der Waals surface area contributed by atoms with Gasteiger partial charge in [0.1, 0.15) is 11.9 Å². The van der Waals surface area contributed by atoms with Crippen LogP contribution in [0.1, 0.15) is 52.3 Å². The van der Waals surface area contributed by atoms with E-state index in [9.17, 15) is 4.79 Å². The lowest BCUT2D eigenvalue weighted by atomic mass is 9.82. The minimum absolute atomic E-state index is 0.0175. The Labute approximate surface area is 190 Å². The van der Waals surface area contributed by atoms with Crippen LogP contribution in [0.15, 0.2) is 54.4 Å². The van der Waals surface area contributed by atoms with Gasteiger partial charge in [0.2, 0.25) is 5.91 Å². The molecule has 1 amide bonds. The van der Waals surface area contributed by atoms with Crippen LogP contribution in [0.4, 0.5) is 11.5 Å². The van der Waals surface area contributed by atoms with Gasteiger partial charge >= 0.3 is 0 Å². The molecule has 2 aliphatic heterocycles. The number of aromatic nitrogens is 2. The van der Waals surface area contributed by atoms with Gasteiger partial charge in [0.25, 0.3) is 0 Å². The zero-order valence-corrected chi connectivity index (χ0v) is 19.4. The number of carbonyl (C=O) groups excluding carboxylic acids is 1. The first-order valence-corrected chi connectivity index (χ1v) is 11.2. The molecule has 32 heavy (non-hydrogen) atoms. The van der Waals surface area contributed by atoms with Crippen LogP contribution in [0, 0.1) is 0 Å². The molecule has 1 atom stereocenters. The summed E-state index contributed by atoms with van der Waals surface area (Å²) >= 11 is 0. The van der Waals surface area contributed by atoms with Gasteiger partial charge in [0.15, 0.2) is 0 Å². The number of ether oxygens (including phenoxy) is 1. The summed E-state index contributed by atoms with van der Waals surface area (Å²) in [5.41, 5.74) is 2.77. The maximum absolute atomic E-state index is 13.1. The van der Waals surface area contributed by atoms with Crippen molar-refractivity contribution < 1.29 is 9.53 Å². The summed E-state index contributed by atoms with van der Waals surface area (Å²) < 4.78 is 5.94. The molecule has 4 rings (SSSR count). The molecule has 0 radical (unpaired) electrons. The molecular weight excluding hydrogens is 402 g/mol. The Bertz CT molecular complexity index is 970. The number of nitrogens with zero attached hydrogens (tertiary/aromatic N) is 3. The molecule has 0 spiro atoms. The van der Waals surface area contributed by atoms with Crippen LogP contribution in [0.3, 0.4) is 0 Å². The maximum atomic E-state index is 13.1. The molecule has 2 aromatic heterocycles. The van der Waals surface area contributed by atoms with E-state index in [2.05, 4.69) is 54.4 Å². The van der Waals surface area contributed by atoms with Gasteiger partial charge in [-0.1, -0.05) is 17.7 Å². The molecule has 2 N–H and O–H groups in total. The van der Waals surface area contributed by atoms with Crippen molar-refractivity contribution in [3.8, 4) is 0 Å². The highest BCUT2D eigenvalue weighted by Gasteiger charge is 2.34. The van der Waals surface area contributed by atoms with Crippen molar-refractivity contribution in [2.45, 2.75) is 57.7 Å². The molecule has 2 aromatic rings. The number of hydrogen-bond donors (Lipinski definition) is 2. The second kappa shape index (κ2) is 9.00. The second-order valence-corrected chi connectivity index (χ2v) is 9.90. The molecule has 2 aliphatic rings. The van der Waals surface area contributed by atoms with E-state index >= 15 is 0 Å². The Morgan fingerprint density at radius 2 is 2.06 bits per heavy atom. The molecule has 0 saturated carbocycles. The molecule has 1 saturated heterocycles. The van der Waals surface area contributed by atoms with E-state index in [1.54, 1.807) is 12.4 Å². The van der Waals surface area contributed by atoms with Crippen molar-refractivity contribution in [1.82, 2.24) is 20.2 Å². The zero-order valence-electron chi connectivity index (χ0n) is 19.4. The minimum Gasteiger partial charge on any atom is -0.368 e. The number of anilines is 2. The standard InChI is InChI=1S/C25H33N5O2/c1-24(2)14-18(15-25(3,4)29-24)13-23(31)30-11-12-32-21(17-30)20-9-8-19(16-27-20)28-22-7-5-6-10-26-22/h5-10,14,16,21,29H,11-13,15,17H2,1-4H3,(H,26,28)/t21-/m0/s1. The molecule has 7 heteroatoms. The topological polar surface area (TPSA) is 79.4 Å². The number of rotatable bonds is 5. The maximum Gasteiger partial charge on any atom is 0.226 e. The summed E-state index contributed by atoms with van der Waals surface area (Å²) in [5, 5.41) is 6.85. The Morgan fingerprint density at radius 3 is 2.75 bits per heavy atom. The molecule has 1 fully saturated rings. The van der Waals surface area contributed by atoms with Gasteiger partial charge < -0.3 is 20.3 Å². The first kappa shape index (κ1) is 22.4. The number of pyridine rings is 2. The summed E-state index contributed by atoms with van der Waals surface area (Å²) in [7, 11) is 0. The van der Waals surface area contributed by atoms with Crippen LogP contribution >= 0.6 is 0 Å². The third-order valence-electron chi connectivity index (χ3n) is 5.75. The quantitative estimate of drug-likeness (QED) is 0.692. The van der Waals surface area contributed by atoms with E-state index in [1.807, 2.05) is 35.2 Å². The fourth-order valence-corrected chi connectivity index (χ4v) is 4.81. The van der Waals surface area contributed by atoms with Gasteiger partial charge in [0.05, 0.1) is 30.7 Å². The lowest BCUT2D eigenvalue weighted by molar-refractivity contribution is -0.138. The molecule has 4 heterocycles. The fraction of sp³-hybridized carbons (Fsp3) is 0.480. The summed E-state index contributed by atoms with van der Waals surface area (Å²) in [6.45, 7) is 10.3. The Balaban J connectivity index is 1.38. The highest BCUT2D eigenvalue weighted by atomic mass is 16.5. The second-order valence-electron chi connectivity index (χ2n) is 9.90. The molecular formula is C25H33N5O2. The van der Waals surface area contributed by atoms with Crippen LogP contribution < -0.4 is 10.6 Å². The van der Waals surface area contributed by atoms with Crippen molar-refractivity contribution in [3.05, 3.63) is 60.1 Å². The summed E-state index contributed by atoms with van der Waals surface area (Å²) in [6.07, 6.45) is 6.85. The highest BCUT2D eigenvalue weighted by Crippen LogP contribution is 2.30. The van der Waals surface area contributed by atoms with E-state index in [0.29, 0.717) is 26.1 Å². The number of hydrogen-bond acceptors (Lipinski definition) is 6. The Hall–Kier alpha value is -2.77. The van der Waals surface area contributed by atoms with E-state index in [0.717, 1.165) is 23.6 Å². The number of morpholine rings is 1. The monoisotopic (exact) mass is 435 g/mol. The average molecular weight is 436 g/mol. The van der Waals surface area contributed by atoms with Crippen LogP contribution in [0.5, 0.6) is 0 Å². The van der Waals surface area contributed by atoms with Crippen molar-refractivity contribution in [2.75, 3.05) is 25.0 Å². The zero-order chi connectivity index (χ0) is 22.8. The number of nitrogens with one attached hydrogen (secondary N) is 2. The fourth-order valence-electron chi connectivity index (χ4n) is 4.81. The molecule has 170 valence electrons. The van der Waals surface area contributed by atoms with E-state index in [1.165, 1.54) is 5.57 Å². The largest absolute Gasteiger partial charge is 0.368 e. The van der Waals surface area contributed by atoms with Crippen molar-refractivity contribution >= 4 is 17.4 Å². The first-order chi connectivity index (χ1) is 15.2. The lowest BCUT2D eigenvalue weighted by Crippen LogP contribution is -2.54. The minimum atomic E-state index is -0.216. The van der Waals surface area contributed by atoms with Gasteiger partial charge in [-0.25, -0.2) is 4.98 Å². The first-order valence-electron chi connectivity index (χ1n) is 11.2. The molecule has 0 bridgehead atoms. The highest BCUT2D eigenvalue weighted by molar-refractivity contribution is 5.79. The third-order valence-corrected chi connectivity index (χ3v) is 5.75. The van der Waals surface area contributed by atoms with Crippen molar-refractivity contribution in [1.29, 1.82) is 0 Å². The van der Waals surface area contributed by atoms with Gasteiger partial charge in [-0.05, 0) is 58.4 Å². The summed E-state index contributed by atoms with van der Waals surface area (Å²) in [6, 6.07) is 9.63.